The summed E-state index contributed by atoms with van der Waals surface area (Å²) in [5.74, 6) is 0.168. The lowest BCUT2D eigenvalue weighted by Gasteiger charge is -2.21. The summed E-state index contributed by atoms with van der Waals surface area (Å²) in [6.07, 6.45) is 1.94. The molecular weight excluding hydrogens is 208 g/mol. The standard InChI is InChI=1S/C11H22N2O3/c1-15-8-6-12-4-5-13-11(14)10-3-2-7-16-9-10/h10,12H,2-9H2,1H3,(H,13,14)/t10-/m0/s1. The van der Waals surface area contributed by atoms with Gasteiger partial charge in [0.15, 0.2) is 0 Å². The highest BCUT2D eigenvalue weighted by molar-refractivity contribution is 5.78. The maximum atomic E-state index is 11.6. The number of nitrogens with one attached hydrogen (secondary N) is 2. The first kappa shape index (κ1) is 13.4. The second-order valence-corrected chi connectivity index (χ2v) is 3.95. The van der Waals surface area contributed by atoms with Crippen LogP contribution in [0.4, 0.5) is 0 Å². The van der Waals surface area contributed by atoms with Crippen molar-refractivity contribution < 1.29 is 14.3 Å². The van der Waals surface area contributed by atoms with E-state index in [1.165, 1.54) is 0 Å². The normalized spacial score (nSPS) is 20.7. The van der Waals surface area contributed by atoms with Crippen LogP contribution in [0, 0.1) is 5.92 Å². The van der Waals surface area contributed by atoms with Gasteiger partial charge in [0.05, 0.1) is 19.1 Å². The molecule has 0 aromatic heterocycles. The van der Waals surface area contributed by atoms with Gasteiger partial charge in [-0.1, -0.05) is 0 Å². The lowest BCUT2D eigenvalue weighted by atomic mass is 10.0. The number of carbonyl (C=O) groups excluding carboxylic acids is 1. The molecule has 0 unspecified atom stereocenters. The summed E-state index contributed by atoms with van der Waals surface area (Å²) in [5.41, 5.74) is 0. The second kappa shape index (κ2) is 8.50. The Morgan fingerprint density at radius 1 is 1.44 bits per heavy atom. The average molecular weight is 230 g/mol. The molecule has 94 valence electrons. The first-order valence-corrected chi connectivity index (χ1v) is 5.89. The largest absolute Gasteiger partial charge is 0.383 e. The molecule has 0 aromatic carbocycles. The van der Waals surface area contributed by atoms with Crippen LogP contribution in [-0.4, -0.2) is 52.5 Å². The molecular formula is C11H22N2O3. The molecule has 1 rings (SSSR count). The average Bonchev–Trinajstić information content (AvgIpc) is 2.34. The van der Waals surface area contributed by atoms with Crippen molar-refractivity contribution in [1.82, 2.24) is 10.6 Å². The maximum Gasteiger partial charge on any atom is 0.225 e. The van der Waals surface area contributed by atoms with Gasteiger partial charge in [-0.2, -0.15) is 0 Å². The number of amides is 1. The number of hydrogen-bond acceptors (Lipinski definition) is 4. The van der Waals surface area contributed by atoms with Gasteiger partial charge in [0, 0.05) is 33.4 Å². The summed E-state index contributed by atoms with van der Waals surface area (Å²) in [5, 5.41) is 6.08. The third-order valence-corrected chi connectivity index (χ3v) is 2.62. The molecule has 0 saturated carbocycles. The van der Waals surface area contributed by atoms with Gasteiger partial charge in [0.25, 0.3) is 0 Å². The van der Waals surface area contributed by atoms with Gasteiger partial charge < -0.3 is 20.1 Å². The fraction of sp³-hybridized carbons (Fsp3) is 0.909. The summed E-state index contributed by atoms with van der Waals surface area (Å²) >= 11 is 0. The van der Waals surface area contributed by atoms with Crippen molar-refractivity contribution in [2.45, 2.75) is 12.8 Å². The number of methoxy groups -OCH3 is 1. The molecule has 1 saturated heterocycles. The molecule has 1 fully saturated rings. The molecule has 1 heterocycles. The predicted octanol–water partition coefficient (Wildman–Crippen LogP) is -0.235. The predicted molar refractivity (Wildman–Crippen MR) is 61.3 cm³/mol. The molecule has 16 heavy (non-hydrogen) atoms. The molecule has 5 heteroatoms. The van der Waals surface area contributed by atoms with Crippen molar-refractivity contribution in [3.8, 4) is 0 Å². The Labute approximate surface area is 96.9 Å². The Balaban J connectivity index is 1.97. The van der Waals surface area contributed by atoms with Gasteiger partial charge in [-0.3, -0.25) is 4.79 Å². The third-order valence-electron chi connectivity index (χ3n) is 2.62. The van der Waals surface area contributed by atoms with Crippen molar-refractivity contribution in [2.24, 2.45) is 5.92 Å². The van der Waals surface area contributed by atoms with E-state index < -0.39 is 0 Å². The molecule has 2 N–H and O–H groups in total. The van der Waals surface area contributed by atoms with Crippen molar-refractivity contribution in [2.75, 3.05) is 46.6 Å². The van der Waals surface area contributed by atoms with Gasteiger partial charge in [0.1, 0.15) is 0 Å². The van der Waals surface area contributed by atoms with E-state index in [0.29, 0.717) is 19.8 Å². The zero-order valence-electron chi connectivity index (χ0n) is 9.96. The number of rotatable bonds is 7. The lowest BCUT2D eigenvalue weighted by molar-refractivity contribution is -0.128. The molecule has 0 aromatic rings. The van der Waals surface area contributed by atoms with E-state index in [1.54, 1.807) is 7.11 Å². The Morgan fingerprint density at radius 3 is 3.00 bits per heavy atom. The Bertz CT molecular complexity index is 194. The molecule has 0 radical (unpaired) electrons. The fourth-order valence-corrected chi connectivity index (χ4v) is 1.67. The van der Waals surface area contributed by atoms with Gasteiger partial charge >= 0.3 is 0 Å². The first-order valence-electron chi connectivity index (χ1n) is 5.89. The van der Waals surface area contributed by atoms with E-state index in [-0.39, 0.29) is 11.8 Å². The monoisotopic (exact) mass is 230 g/mol. The summed E-state index contributed by atoms with van der Waals surface area (Å²) in [6, 6.07) is 0. The van der Waals surface area contributed by atoms with E-state index in [4.69, 9.17) is 9.47 Å². The zero-order valence-corrected chi connectivity index (χ0v) is 9.96. The van der Waals surface area contributed by atoms with Gasteiger partial charge in [-0.05, 0) is 12.8 Å². The molecule has 1 atom stereocenters. The van der Waals surface area contributed by atoms with Crippen LogP contribution < -0.4 is 10.6 Å². The molecule has 0 aliphatic carbocycles. The van der Waals surface area contributed by atoms with Crippen molar-refractivity contribution in [3.63, 3.8) is 0 Å². The van der Waals surface area contributed by atoms with Crippen LogP contribution >= 0.6 is 0 Å². The fourth-order valence-electron chi connectivity index (χ4n) is 1.67. The summed E-state index contributed by atoms with van der Waals surface area (Å²) in [7, 11) is 1.67. The third kappa shape index (κ3) is 5.44. The van der Waals surface area contributed by atoms with Crippen LogP contribution in [0.1, 0.15) is 12.8 Å². The minimum atomic E-state index is 0.0488. The van der Waals surface area contributed by atoms with Crippen molar-refractivity contribution >= 4 is 5.91 Å². The Kier molecular flexibility index (Phi) is 7.12. The second-order valence-electron chi connectivity index (χ2n) is 3.95. The molecule has 0 spiro atoms. The molecule has 1 amide bonds. The maximum absolute atomic E-state index is 11.6. The Hall–Kier alpha value is -0.650. The summed E-state index contributed by atoms with van der Waals surface area (Å²) < 4.78 is 10.2. The van der Waals surface area contributed by atoms with Crippen LogP contribution in [0.15, 0.2) is 0 Å². The van der Waals surface area contributed by atoms with Crippen LogP contribution in [0.5, 0.6) is 0 Å². The minimum Gasteiger partial charge on any atom is -0.383 e. The van der Waals surface area contributed by atoms with Crippen LogP contribution in [0.25, 0.3) is 0 Å². The van der Waals surface area contributed by atoms with Gasteiger partial charge in [0.2, 0.25) is 5.91 Å². The lowest BCUT2D eigenvalue weighted by Crippen LogP contribution is -2.39. The SMILES string of the molecule is COCCNCCNC(=O)[C@H]1CCCOC1. The molecule has 0 bridgehead atoms. The number of carbonyl (C=O) groups is 1. The first-order chi connectivity index (χ1) is 7.84. The van der Waals surface area contributed by atoms with Gasteiger partial charge in [-0.15, -0.1) is 0 Å². The van der Waals surface area contributed by atoms with Crippen LogP contribution in [0.2, 0.25) is 0 Å². The van der Waals surface area contributed by atoms with E-state index in [2.05, 4.69) is 10.6 Å². The highest BCUT2D eigenvalue weighted by Gasteiger charge is 2.20. The van der Waals surface area contributed by atoms with Crippen LogP contribution in [-0.2, 0) is 14.3 Å². The quantitative estimate of drug-likeness (QED) is 0.593. The van der Waals surface area contributed by atoms with E-state index in [1.807, 2.05) is 0 Å². The van der Waals surface area contributed by atoms with E-state index in [9.17, 15) is 4.79 Å². The van der Waals surface area contributed by atoms with E-state index >= 15 is 0 Å². The van der Waals surface area contributed by atoms with Crippen molar-refractivity contribution in [3.05, 3.63) is 0 Å². The highest BCUT2D eigenvalue weighted by atomic mass is 16.5. The highest BCUT2D eigenvalue weighted by Crippen LogP contribution is 2.12. The van der Waals surface area contributed by atoms with E-state index in [0.717, 1.165) is 32.5 Å². The van der Waals surface area contributed by atoms with Crippen LogP contribution in [0.3, 0.4) is 0 Å². The summed E-state index contributed by atoms with van der Waals surface area (Å²) in [4.78, 5) is 11.6. The van der Waals surface area contributed by atoms with Crippen molar-refractivity contribution in [1.29, 1.82) is 0 Å². The minimum absolute atomic E-state index is 0.0488. The Morgan fingerprint density at radius 2 is 2.31 bits per heavy atom. The smallest absolute Gasteiger partial charge is 0.225 e. The topological polar surface area (TPSA) is 59.6 Å². The molecule has 1 aliphatic rings. The number of hydrogen-bond donors (Lipinski definition) is 2. The molecule has 1 aliphatic heterocycles. The zero-order chi connectivity index (χ0) is 11.6. The number of ether oxygens (including phenoxy) is 2. The summed E-state index contributed by atoms with van der Waals surface area (Å²) in [6.45, 7) is 4.33. The van der Waals surface area contributed by atoms with Gasteiger partial charge in [-0.25, -0.2) is 0 Å². The molecule has 5 nitrogen and oxygen atoms in total.